The smallest absolute Gasteiger partial charge is 0.410 e. The van der Waals surface area contributed by atoms with Crippen LogP contribution in [0.25, 0.3) is 0 Å². The average Bonchev–Trinajstić information content (AvgIpc) is 2.97. The number of carbonyl (C=O) groups is 1. The maximum atomic E-state index is 12.2. The van der Waals surface area contributed by atoms with Crippen LogP contribution < -0.4 is 4.90 Å². The van der Waals surface area contributed by atoms with E-state index in [1.165, 1.54) is 0 Å². The lowest BCUT2D eigenvalue weighted by molar-refractivity contribution is 0.0214. The molecule has 0 unspecified atom stereocenters. The third-order valence-electron chi connectivity index (χ3n) is 3.72. The molecule has 2 bridgehead atoms. The molecule has 2 saturated heterocycles. The lowest BCUT2D eigenvalue weighted by Gasteiger charge is -2.35. The van der Waals surface area contributed by atoms with Gasteiger partial charge in [-0.25, -0.2) is 4.79 Å². The number of piperazine rings is 1. The van der Waals surface area contributed by atoms with Gasteiger partial charge >= 0.3 is 6.09 Å². The summed E-state index contributed by atoms with van der Waals surface area (Å²) in [6.07, 6.45) is 2.45. The molecule has 1 aromatic heterocycles. The van der Waals surface area contributed by atoms with E-state index in [1.807, 2.05) is 37.8 Å². The number of hydrogen-bond donors (Lipinski definition) is 0. The zero-order chi connectivity index (χ0) is 14.3. The molecule has 20 heavy (non-hydrogen) atoms. The highest BCUT2D eigenvalue weighted by Gasteiger charge is 2.46. The van der Waals surface area contributed by atoms with Gasteiger partial charge in [0.15, 0.2) is 5.82 Å². The molecule has 108 valence electrons. The van der Waals surface area contributed by atoms with Gasteiger partial charge in [0.25, 0.3) is 0 Å². The van der Waals surface area contributed by atoms with Crippen LogP contribution >= 0.6 is 0 Å². The first-order chi connectivity index (χ1) is 9.44. The molecule has 0 spiro atoms. The molecule has 3 rings (SSSR count). The zero-order valence-electron chi connectivity index (χ0n) is 12.1. The minimum atomic E-state index is -0.441. The molecular formula is C14H20N4O2. The molecule has 2 aliphatic heterocycles. The monoisotopic (exact) mass is 276 g/mol. The van der Waals surface area contributed by atoms with E-state index in [0.717, 1.165) is 18.8 Å². The molecule has 6 nitrogen and oxygen atoms in total. The van der Waals surface area contributed by atoms with Crippen molar-refractivity contribution >= 4 is 11.9 Å². The molecule has 1 amide bonds. The number of rotatable bonds is 1. The Morgan fingerprint density at radius 2 is 2.15 bits per heavy atom. The van der Waals surface area contributed by atoms with E-state index in [-0.39, 0.29) is 12.1 Å². The Morgan fingerprint density at radius 1 is 1.35 bits per heavy atom. The number of carbonyl (C=O) groups excluding carboxylic acids is 1. The minimum Gasteiger partial charge on any atom is -0.444 e. The van der Waals surface area contributed by atoms with Gasteiger partial charge < -0.3 is 14.5 Å². The number of ether oxygens (including phenoxy) is 1. The van der Waals surface area contributed by atoms with Crippen LogP contribution in [-0.4, -0.2) is 52.0 Å². The molecule has 6 heteroatoms. The van der Waals surface area contributed by atoms with Crippen molar-refractivity contribution in [1.82, 2.24) is 15.1 Å². The summed E-state index contributed by atoms with van der Waals surface area (Å²) in [7, 11) is 0. The summed E-state index contributed by atoms with van der Waals surface area (Å²) in [5.74, 6) is 0.892. The Morgan fingerprint density at radius 3 is 2.70 bits per heavy atom. The van der Waals surface area contributed by atoms with E-state index < -0.39 is 5.60 Å². The maximum Gasteiger partial charge on any atom is 0.410 e. The summed E-state index contributed by atoms with van der Waals surface area (Å²) < 4.78 is 5.46. The fourth-order valence-corrected chi connectivity index (χ4v) is 2.94. The average molecular weight is 276 g/mol. The molecule has 2 atom stereocenters. The van der Waals surface area contributed by atoms with Gasteiger partial charge in [-0.3, -0.25) is 0 Å². The van der Waals surface area contributed by atoms with E-state index in [0.29, 0.717) is 12.6 Å². The maximum absolute atomic E-state index is 12.2. The predicted octanol–water partition coefficient (Wildman–Crippen LogP) is 1.67. The summed E-state index contributed by atoms with van der Waals surface area (Å²) in [5.41, 5.74) is -0.441. The summed E-state index contributed by atoms with van der Waals surface area (Å²) >= 11 is 0. The number of hydrogen-bond acceptors (Lipinski definition) is 5. The second-order valence-corrected chi connectivity index (χ2v) is 6.41. The minimum absolute atomic E-state index is 0.205. The first-order valence-corrected chi connectivity index (χ1v) is 6.98. The van der Waals surface area contributed by atoms with Gasteiger partial charge in [-0.1, -0.05) is 0 Å². The molecule has 0 saturated carbocycles. The molecular weight excluding hydrogens is 256 g/mol. The van der Waals surface area contributed by atoms with Crippen LogP contribution in [0.4, 0.5) is 10.6 Å². The fourth-order valence-electron chi connectivity index (χ4n) is 2.94. The van der Waals surface area contributed by atoms with Crippen LogP contribution in [-0.2, 0) is 4.74 Å². The van der Waals surface area contributed by atoms with Crippen molar-refractivity contribution in [3.63, 3.8) is 0 Å². The predicted molar refractivity (Wildman–Crippen MR) is 74.5 cm³/mol. The van der Waals surface area contributed by atoms with Gasteiger partial charge in [0, 0.05) is 19.3 Å². The molecule has 2 aliphatic rings. The van der Waals surface area contributed by atoms with Gasteiger partial charge in [-0.05, 0) is 39.3 Å². The molecule has 0 N–H and O–H groups in total. The summed E-state index contributed by atoms with van der Waals surface area (Å²) in [6.45, 7) is 7.19. The number of nitrogens with zero attached hydrogens (tertiary/aromatic N) is 4. The molecule has 3 heterocycles. The van der Waals surface area contributed by atoms with Gasteiger partial charge in [0.2, 0.25) is 0 Å². The van der Waals surface area contributed by atoms with E-state index in [2.05, 4.69) is 15.1 Å². The topological polar surface area (TPSA) is 58.6 Å². The number of likely N-dealkylation sites (tertiary alicyclic amines) is 1. The Balaban J connectivity index is 1.66. The fraction of sp³-hybridized carbons (Fsp3) is 0.643. The van der Waals surface area contributed by atoms with Crippen molar-refractivity contribution in [2.45, 2.75) is 44.9 Å². The van der Waals surface area contributed by atoms with Gasteiger partial charge in [0.05, 0.1) is 12.1 Å². The first-order valence-electron chi connectivity index (χ1n) is 6.98. The number of anilines is 1. The Bertz CT molecular complexity index is 500. The SMILES string of the molecule is CC(C)(C)OC(=O)N1C[C@@H]2C[C@H]1CN2c1cccnn1. The Labute approximate surface area is 118 Å². The number of amides is 1. The first kappa shape index (κ1) is 13.1. The zero-order valence-corrected chi connectivity index (χ0v) is 12.1. The summed E-state index contributed by atoms with van der Waals surface area (Å²) in [6, 6.07) is 4.40. The van der Waals surface area contributed by atoms with Crippen molar-refractivity contribution in [3.05, 3.63) is 18.3 Å². The molecule has 2 fully saturated rings. The largest absolute Gasteiger partial charge is 0.444 e. The van der Waals surface area contributed by atoms with E-state index in [4.69, 9.17) is 4.74 Å². The third-order valence-corrected chi connectivity index (χ3v) is 3.72. The van der Waals surface area contributed by atoms with E-state index >= 15 is 0 Å². The third kappa shape index (κ3) is 2.42. The highest BCUT2D eigenvalue weighted by Crippen LogP contribution is 2.34. The molecule has 0 aliphatic carbocycles. The van der Waals surface area contributed by atoms with E-state index in [1.54, 1.807) is 6.20 Å². The highest BCUT2D eigenvalue weighted by molar-refractivity contribution is 5.70. The van der Waals surface area contributed by atoms with Gasteiger partial charge in [0.1, 0.15) is 5.60 Å². The lowest BCUT2D eigenvalue weighted by atomic mass is 10.2. The lowest BCUT2D eigenvalue weighted by Crippen LogP contribution is -2.50. The van der Waals surface area contributed by atoms with Crippen molar-refractivity contribution in [1.29, 1.82) is 0 Å². The van der Waals surface area contributed by atoms with Crippen LogP contribution in [0.3, 0.4) is 0 Å². The molecule has 0 aromatic carbocycles. The van der Waals surface area contributed by atoms with Crippen LogP contribution in [0, 0.1) is 0 Å². The molecule has 1 aromatic rings. The number of fused-ring (bicyclic) bond motifs is 2. The Kier molecular flexibility index (Phi) is 3.03. The standard InChI is InChI=1S/C14H20N4O2/c1-14(2,3)20-13(19)18-9-10-7-11(18)8-17(10)12-5-4-6-15-16-12/h4-6,10-11H,7-9H2,1-3H3/t10-,11-/m0/s1. The van der Waals surface area contributed by atoms with Crippen LogP contribution in [0.2, 0.25) is 0 Å². The van der Waals surface area contributed by atoms with E-state index in [9.17, 15) is 4.79 Å². The van der Waals surface area contributed by atoms with Crippen LogP contribution in [0.5, 0.6) is 0 Å². The van der Waals surface area contributed by atoms with Crippen LogP contribution in [0.15, 0.2) is 18.3 Å². The van der Waals surface area contributed by atoms with Crippen molar-refractivity contribution < 1.29 is 9.53 Å². The molecule has 0 radical (unpaired) electrons. The van der Waals surface area contributed by atoms with Crippen molar-refractivity contribution in [2.75, 3.05) is 18.0 Å². The summed E-state index contributed by atoms with van der Waals surface area (Å²) in [4.78, 5) is 16.2. The highest BCUT2D eigenvalue weighted by atomic mass is 16.6. The van der Waals surface area contributed by atoms with Crippen molar-refractivity contribution in [3.8, 4) is 0 Å². The van der Waals surface area contributed by atoms with Crippen molar-refractivity contribution in [2.24, 2.45) is 0 Å². The second kappa shape index (κ2) is 4.61. The van der Waals surface area contributed by atoms with Gasteiger partial charge in [-0.15, -0.1) is 5.10 Å². The second-order valence-electron chi connectivity index (χ2n) is 6.41. The van der Waals surface area contributed by atoms with Crippen LogP contribution in [0.1, 0.15) is 27.2 Å². The normalized spacial score (nSPS) is 25.1. The Hall–Kier alpha value is -1.85. The van der Waals surface area contributed by atoms with Gasteiger partial charge in [-0.2, -0.15) is 5.10 Å². The number of aromatic nitrogens is 2. The summed E-state index contributed by atoms with van der Waals surface area (Å²) in [5, 5.41) is 8.07. The quantitative estimate of drug-likeness (QED) is 0.781.